The highest BCUT2D eigenvalue weighted by Crippen LogP contribution is 2.26. The number of hydrogen-bond acceptors (Lipinski definition) is 8. The van der Waals surface area contributed by atoms with E-state index < -0.39 is 21.8 Å². The number of halogens is 2. The first-order valence-corrected chi connectivity index (χ1v) is 13.1. The maximum Gasteiger partial charge on any atom is 0.339 e. The van der Waals surface area contributed by atoms with Crippen molar-refractivity contribution in [3.63, 3.8) is 0 Å². The molecule has 4 rings (SSSR count). The number of nitrogens with one attached hydrogen (secondary N) is 1. The van der Waals surface area contributed by atoms with Crippen LogP contribution in [-0.4, -0.2) is 24.5 Å². The van der Waals surface area contributed by atoms with E-state index >= 15 is 0 Å². The van der Waals surface area contributed by atoms with Gasteiger partial charge in [0.05, 0.1) is 0 Å². The van der Waals surface area contributed by atoms with E-state index in [2.05, 4.69) is 15.5 Å². The molecule has 0 atom stereocenters. The van der Waals surface area contributed by atoms with Crippen LogP contribution in [0.3, 0.4) is 0 Å². The third-order valence-corrected chi connectivity index (χ3v) is 7.18. The van der Waals surface area contributed by atoms with E-state index in [4.69, 9.17) is 15.8 Å². The SMILES string of the molecule is N#C/C(=C\c1ccccc1OS(=O)(=O)c1ccc(F)cc1)C(=O)Nc1nnc(Cc2ccc(Cl)cc2)s1. The van der Waals surface area contributed by atoms with E-state index in [1.165, 1.54) is 24.3 Å². The van der Waals surface area contributed by atoms with E-state index in [0.29, 0.717) is 16.5 Å². The highest BCUT2D eigenvalue weighted by atomic mass is 35.5. The summed E-state index contributed by atoms with van der Waals surface area (Å²) >= 11 is 7.05. The Morgan fingerprint density at radius 3 is 2.49 bits per heavy atom. The summed E-state index contributed by atoms with van der Waals surface area (Å²) in [6.07, 6.45) is 1.68. The quantitative estimate of drug-likeness (QED) is 0.180. The molecule has 12 heteroatoms. The number of aromatic nitrogens is 2. The average Bonchev–Trinajstić information content (AvgIpc) is 3.31. The van der Waals surface area contributed by atoms with E-state index in [0.717, 1.165) is 41.2 Å². The monoisotopic (exact) mass is 554 g/mol. The molecule has 0 radical (unpaired) electrons. The lowest BCUT2D eigenvalue weighted by Crippen LogP contribution is -2.14. The highest BCUT2D eigenvalue weighted by Gasteiger charge is 2.19. The van der Waals surface area contributed by atoms with Crippen molar-refractivity contribution in [2.45, 2.75) is 11.3 Å². The summed E-state index contributed by atoms with van der Waals surface area (Å²) < 4.78 is 43.6. The molecule has 1 amide bonds. The average molecular weight is 555 g/mol. The molecule has 0 aliphatic carbocycles. The molecule has 3 aromatic carbocycles. The summed E-state index contributed by atoms with van der Waals surface area (Å²) in [5, 5.41) is 21.5. The lowest BCUT2D eigenvalue weighted by atomic mass is 10.1. The Kier molecular flexibility index (Phi) is 7.93. The van der Waals surface area contributed by atoms with Crippen molar-refractivity contribution in [3.05, 3.63) is 105 Å². The maximum atomic E-state index is 13.2. The van der Waals surface area contributed by atoms with Crippen LogP contribution < -0.4 is 9.50 Å². The summed E-state index contributed by atoms with van der Waals surface area (Å²) in [4.78, 5) is 12.5. The van der Waals surface area contributed by atoms with Gasteiger partial charge in [-0.15, -0.1) is 10.2 Å². The molecule has 0 bridgehead atoms. The Bertz CT molecular complexity index is 1610. The molecule has 8 nitrogen and oxygen atoms in total. The summed E-state index contributed by atoms with van der Waals surface area (Å²) in [5.74, 6) is -1.47. The number of rotatable bonds is 8. The second kappa shape index (κ2) is 11.3. The minimum absolute atomic E-state index is 0.117. The minimum atomic E-state index is -4.29. The van der Waals surface area contributed by atoms with E-state index in [1.54, 1.807) is 24.3 Å². The lowest BCUT2D eigenvalue weighted by molar-refractivity contribution is -0.112. The Morgan fingerprint density at radius 2 is 1.78 bits per heavy atom. The van der Waals surface area contributed by atoms with Crippen LogP contribution in [0.4, 0.5) is 9.52 Å². The molecule has 0 fully saturated rings. The molecular formula is C25H16ClFN4O4S2. The minimum Gasteiger partial charge on any atom is -0.378 e. The Hall–Kier alpha value is -4.11. The second-order valence-corrected chi connectivity index (χ2v) is 10.5. The van der Waals surface area contributed by atoms with Crippen molar-refractivity contribution in [2.75, 3.05) is 5.32 Å². The van der Waals surface area contributed by atoms with E-state index in [9.17, 15) is 22.9 Å². The van der Waals surface area contributed by atoms with Crippen molar-refractivity contribution < 1.29 is 21.8 Å². The van der Waals surface area contributed by atoms with Crippen LogP contribution in [0.1, 0.15) is 16.1 Å². The van der Waals surface area contributed by atoms with Gasteiger partial charge in [-0.05, 0) is 54.1 Å². The van der Waals surface area contributed by atoms with Gasteiger partial charge in [-0.3, -0.25) is 10.1 Å². The zero-order chi connectivity index (χ0) is 26.4. The van der Waals surface area contributed by atoms with Crippen LogP contribution in [0.2, 0.25) is 5.02 Å². The fourth-order valence-electron chi connectivity index (χ4n) is 3.06. The van der Waals surface area contributed by atoms with Gasteiger partial charge in [0.2, 0.25) is 5.13 Å². The van der Waals surface area contributed by atoms with Gasteiger partial charge in [-0.2, -0.15) is 13.7 Å². The van der Waals surface area contributed by atoms with Crippen molar-refractivity contribution >= 4 is 50.2 Å². The summed E-state index contributed by atoms with van der Waals surface area (Å²) in [6.45, 7) is 0. The van der Waals surface area contributed by atoms with Gasteiger partial charge in [0.1, 0.15) is 33.1 Å². The molecule has 0 saturated heterocycles. The molecular weight excluding hydrogens is 539 g/mol. The molecule has 1 N–H and O–H groups in total. The standard InChI is InChI=1S/C25H16ClFN4O4S2/c26-19-7-5-16(6-8-19)13-23-30-31-25(36-23)29-24(32)18(15-28)14-17-3-1-2-4-22(17)35-37(33,34)21-11-9-20(27)10-12-21/h1-12,14H,13H2,(H,29,31,32)/b18-14+. The first kappa shape index (κ1) is 26.0. The second-order valence-electron chi connectivity index (χ2n) is 7.46. The zero-order valence-electron chi connectivity index (χ0n) is 18.8. The molecule has 37 heavy (non-hydrogen) atoms. The third-order valence-electron chi connectivity index (χ3n) is 4.84. The molecule has 4 aromatic rings. The first-order valence-electron chi connectivity index (χ1n) is 10.5. The van der Waals surface area contributed by atoms with Crippen LogP contribution in [0, 0.1) is 17.1 Å². The Labute approximate surface area is 220 Å². The molecule has 0 spiro atoms. The number of carbonyl (C=O) groups excluding carboxylic acids is 1. The summed E-state index contributed by atoms with van der Waals surface area (Å²) in [6, 6.07) is 19.1. The largest absolute Gasteiger partial charge is 0.378 e. The molecule has 0 aliphatic rings. The van der Waals surface area contributed by atoms with Crippen LogP contribution in [0.25, 0.3) is 6.08 Å². The molecule has 0 aliphatic heterocycles. The van der Waals surface area contributed by atoms with Gasteiger partial charge < -0.3 is 4.18 Å². The van der Waals surface area contributed by atoms with Gasteiger partial charge in [-0.1, -0.05) is 53.3 Å². The topological polar surface area (TPSA) is 122 Å². The Morgan fingerprint density at radius 1 is 1.08 bits per heavy atom. The maximum absolute atomic E-state index is 13.2. The summed E-state index contributed by atoms with van der Waals surface area (Å²) in [7, 11) is -4.29. The molecule has 1 heterocycles. The number of nitriles is 1. The molecule has 1 aromatic heterocycles. The predicted octanol–water partition coefficient (Wildman–Crippen LogP) is 5.23. The van der Waals surface area contributed by atoms with Crippen LogP contribution in [0.15, 0.2) is 83.3 Å². The number of anilines is 1. The summed E-state index contributed by atoms with van der Waals surface area (Å²) in [5.41, 5.74) is 0.813. The van der Waals surface area contributed by atoms with Crippen molar-refractivity contribution in [3.8, 4) is 11.8 Å². The number of nitrogens with zero attached hydrogens (tertiary/aromatic N) is 3. The van der Waals surface area contributed by atoms with Gasteiger partial charge in [0.25, 0.3) is 5.91 Å². The molecule has 0 saturated carbocycles. The van der Waals surface area contributed by atoms with Crippen LogP contribution >= 0.6 is 22.9 Å². The van der Waals surface area contributed by atoms with Gasteiger partial charge >= 0.3 is 10.1 Å². The number of amides is 1. The zero-order valence-corrected chi connectivity index (χ0v) is 21.1. The predicted molar refractivity (Wildman–Crippen MR) is 137 cm³/mol. The van der Waals surface area contributed by atoms with E-state index in [1.807, 2.05) is 12.1 Å². The number of hydrogen-bond donors (Lipinski definition) is 1. The van der Waals surface area contributed by atoms with Gasteiger partial charge in [-0.25, -0.2) is 4.39 Å². The smallest absolute Gasteiger partial charge is 0.339 e. The van der Waals surface area contributed by atoms with E-state index in [-0.39, 0.29) is 26.9 Å². The lowest BCUT2D eigenvalue weighted by Gasteiger charge is -2.10. The van der Waals surface area contributed by atoms with Crippen molar-refractivity contribution in [1.29, 1.82) is 5.26 Å². The fourth-order valence-corrected chi connectivity index (χ4v) is 4.91. The van der Waals surface area contributed by atoms with Crippen LogP contribution in [-0.2, 0) is 21.3 Å². The number of benzene rings is 3. The highest BCUT2D eigenvalue weighted by molar-refractivity contribution is 7.87. The van der Waals surface area contributed by atoms with Crippen molar-refractivity contribution in [1.82, 2.24) is 10.2 Å². The van der Waals surface area contributed by atoms with Crippen LogP contribution in [0.5, 0.6) is 5.75 Å². The van der Waals surface area contributed by atoms with Crippen molar-refractivity contribution in [2.24, 2.45) is 0 Å². The number of carbonyl (C=O) groups is 1. The first-order chi connectivity index (χ1) is 17.7. The van der Waals surface area contributed by atoms with Gasteiger partial charge in [0, 0.05) is 17.0 Å². The number of para-hydroxylation sites is 1. The van der Waals surface area contributed by atoms with Gasteiger partial charge in [0.15, 0.2) is 0 Å². The third kappa shape index (κ3) is 6.77. The fraction of sp³-hybridized carbons (Fsp3) is 0.0400. The normalized spacial score (nSPS) is 11.5. The molecule has 186 valence electrons. The molecule has 0 unspecified atom stereocenters. The Balaban J connectivity index is 1.50.